The Balaban J connectivity index is 1.15. The van der Waals surface area contributed by atoms with Gasteiger partial charge in [-0.1, -0.05) is 36.7 Å². The Morgan fingerprint density at radius 2 is 1.83 bits per heavy atom. The fourth-order valence-corrected chi connectivity index (χ4v) is 7.81. The minimum absolute atomic E-state index is 0.108. The average Bonchev–Trinajstić information content (AvgIpc) is 3.17. The van der Waals surface area contributed by atoms with E-state index in [1.54, 1.807) is 12.1 Å². The Kier molecular flexibility index (Phi) is 6.70. The van der Waals surface area contributed by atoms with Gasteiger partial charge in [0.15, 0.2) is 6.61 Å². The monoisotopic (exact) mass is 494 g/mol. The molecule has 4 unspecified atom stereocenters. The molecule has 3 N–H and O–H groups in total. The number of nitrogens with one attached hydrogen (secondary N) is 1. The minimum Gasteiger partial charge on any atom is -0.478 e. The number of aliphatic hydroxyl groups excluding tert-OH is 1. The Morgan fingerprint density at radius 3 is 2.58 bits per heavy atom. The number of amides is 1. The predicted octanol–water partition coefficient (Wildman–Crippen LogP) is 4.70. The van der Waals surface area contributed by atoms with E-state index in [1.807, 2.05) is 0 Å². The van der Waals surface area contributed by atoms with Crippen LogP contribution in [0.3, 0.4) is 0 Å². The number of allylic oxidation sites excluding steroid dienone is 2. The van der Waals surface area contributed by atoms with E-state index in [1.165, 1.54) is 37.0 Å². The van der Waals surface area contributed by atoms with Crippen molar-refractivity contribution in [3.05, 3.63) is 47.0 Å². The van der Waals surface area contributed by atoms with Crippen LogP contribution in [0.25, 0.3) is 0 Å². The first kappa shape index (κ1) is 25.0. The lowest BCUT2D eigenvalue weighted by atomic mass is 9.47. The van der Waals surface area contributed by atoms with E-state index in [0.29, 0.717) is 24.3 Å². The highest BCUT2D eigenvalue weighted by molar-refractivity contribution is 5.96. The Morgan fingerprint density at radius 1 is 1.06 bits per heavy atom. The van der Waals surface area contributed by atoms with Crippen LogP contribution in [-0.2, 0) is 16.2 Å². The van der Waals surface area contributed by atoms with Crippen LogP contribution in [0.4, 0.5) is 0 Å². The number of nitrogens with zero attached hydrogens (tertiary/aromatic N) is 1. The van der Waals surface area contributed by atoms with Gasteiger partial charge in [-0.05, 0) is 104 Å². The third kappa shape index (κ3) is 4.47. The largest absolute Gasteiger partial charge is 0.478 e. The molecule has 36 heavy (non-hydrogen) atoms. The summed E-state index contributed by atoms with van der Waals surface area (Å²) in [6.45, 7) is 4.93. The van der Waals surface area contributed by atoms with Crippen LogP contribution in [0.5, 0.6) is 0 Å². The second-order valence-electron chi connectivity index (χ2n) is 11.8. The Hall–Kier alpha value is -2.67. The summed E-state index contributed by atoms with van der Waals surface area (Å²) in [5.74, 6) is 0.802. The van der Waals surface area contributed by atoms with Crippen LogP contribution in [-0.4, -0.2) is 40.5 Å². The van der Waals surface area contributed by atoms with Crippen molar-refractivity contribution < 1.29 is 24.6 Å². The summed E-state index contributed by atoms with van der Waals surface area (Å²) in [7, 11) is 0. The zero-order valence-electron chi connectivity index (χ0n) is 21.3. The molecule has 0 aromatic heterocycles. The summed E-state index contributed by atoms with van der Waals surface area (Å²) < 4.78 is 0. The van der Waals surface area contributed by atoms with Gasteiger partial charge in [0.25, 0.3) is 5.91 Å². The highest BCUT2D eigenvalue weighted by Crippen LogP contribution is 2.65. The molecule has 3 fully saturated rings. The SMILES string of the molecule is C[C@]12CCC3C(CCC4=CC(=NOCC(=O)NCc5ccc(C(=O)O)cc5)CC[C@@]43C)C1CCC2O. The fraction of sp³-hybridized carbons (Fsp3) is 0.621. The molecule has 194 valence electrons. The van der Waals surface area contributed by atoms with Crippen molar-refractivity contribution >= 4 is 17.6 Å². The van der Waals surface area contributed by atoms with E-state index in [-0.39, 0.29) is 35.0 Å². The van der Waals surface area contributed by atoms with Crippen LogP contribution in [0.1, 0.15) is 81.1 Å². The zero-order chi connectivity index (χ0) is 25.5. The first-order chi connectivity index (χ1) is 17.2. The second kappa shape index (κ2) is 9.66. The maximum Gasteiger partial charge on any atom is 0.335 e. The zero-order valence-corrected chi connectivity index (χ0v) is 21.3. The minimum atomic E-state index is -0.973. The average molecular weight is 495 g/mol. The number of benzene rings is 1. The fourth-order valence-electron chi connectivity index (χ4n) is 7.81. The van der Waals surface area contributed by atoms with Crippen molar-refractivity contribution in [1.82, 2.24) is 5.32 Å². The number of carboxylic acid groups (broad SMARTS) is 1. The molecule has 0 bridgehead atoms. The lowest BCUT2D eigenvalue weighted by molar-refractivity contribution is -0.125. The van der Waals surface area contributed by atoms with Gasteiger partial charge in [0.05, 0.1) is 17.4 Å². The summed E-state index contributed by atoms with van der Waals surface area (Å²) in [5, 5.41) is 26.7. The number of aliphatic hydroxyl groups is 1. The topological polar surface area (TPSA) is 108 Å². The molecule has 7 nitrogen and oxygen atoms in total. The van der Waals surface area contributed by atoms with Crippen LogP contribution in [0.2, 0.25) is 0 Å². The molecule has 1 amide bonds. The first-order valence-electron chi connectivity index (χ1n) is 13.4. The summed E-state index contributed by atoms with van der Waals surface area (Å²) in [6, 6.07) is 6.42. The van der Waals surface area contributed by atoms with E-state index in [9.17, 15) is 14.7 Å². The molecule has 7 heteroatoms. The van der Waals surface area contributed by atoms with Gasteiger partial charge in [-0.2, -0.15) is 0 Å². The van der Waals surface area contributed by atoms with Gasteiger partial charge < -0.3 is 20.4 Å². The maximum atomic E-state index is 12.2. The normalized spacial score (nSPS) is 36.3. The van der Waals surface area contributed by atoms with Crippen LogP contribution < -0.4 is 5.32 Å². The summed E-state index contributed by atoms with van der Waals surface area (Å²) in [5.41, 5.74) is 3.74. The molecule has 3 saturated carbocycles. The van der Waals surface area contributed by atoms with Gasteiger partial charge in [0, 0.05) is 6.54 Å². The molecule has 0 heterocycles. The molecule has 0 spiro atoms. The Labute approximate surface area is 213 Å². The summed E-state index contributed by atoms with van der Waals surface area (Å²) in [4.78, 5) is 28.5. The van der Waals surface area contributed by atoms with Crippen LogP contribution in [0, 0.1) is 28.6 Å². The summed E-state index contributed by atoms with van der Waals surface area (Å²) in [6.07, 6.45) is 10.7. The molecule has 4 aliphatic rings. The number of carboxylic acids is 1. The van der Waals surface area contributed by atoms with E-state index < -0.39 is 5.97 Å². The van der Waals surface area contributed by atoms with E-state index in [2.05, 4.69) is 30.4 Å². The van der Waals surface area contributed by atoms with Gasteiger partial charge in [0.1, 0.15) is 0 Å². The lowest BCUT2D eigenvalue weighted by Gasteiger charge is -2.57. The first-order valence-corrected chi connectivity index (χ1v) is 13.4. The lowest BCUT2D eigenvalue weighted by Crippen LogP contribution is -2.51. The molecule has 4 aliphatic carbocycles. The van der Waals surface area contributed by atoms with Crippen molar-refractivity contribution in [1.29, 1.82) is 0 Å². The number of hydrogen-bond donors (Lipinski definition) is 3. The maximum absolute atomic E-state index is 12.2. The van der Waals surface area contributed by atoms with Crippen molar-refractivity contribution in [2.45, 2.75) is 77.9 Å². The Bertz CT molecular complexity index is 1080. The van der Waals surface area contributed by atoms with Gasteiger partial charge in [0.2, 0.25) is 0 Å². The van der Waals surface area contributed by atoms with E-state index >= 15 is 0 Å². The number of carbonyl (C=O) groups is 2. The van der Waals surface area contributed by atoms with Gasteiger partial charge in [-0.25, -0.2) is 4.79 Å². The van der Waals surface area contributed by atoms with Crippen molar-refractivity contribution in [2.75, 3.05) is 6.61 Å². The molecule has 6 atom stereocenters. The van der Waals surface area contributed by atoms with Crippen molar-refractivity contribution in [3.63, 3.8) is 0 Å². The van der Waals surface area contributed by atoms with Crippen LogP contribution >= 0.6 is 0 Å². The highest BCUT2D eigenvalue weighted by atomic mass is 16.6. The third-order valence-electron chi connectivity index (χ3n) is 10.00. The quantitative estimate of drug-likeness (QED) is 0.497. The highest BCUT2D eigenvalue weighted by Gasteiger charge is 2.58. The molecule has 0 aliphatic heterocycles. The van der Waals surface area contributed by atoms with Gasteiger partial charge >= 0.3 is 5.97 Å². The molecule has 5 rings (SSSR count). The number of oxime groups is 1. The summed E-state index contributed by atoms with van der Waals surface area (Å²) >= 11 is 0. The second-order valence-corrected chi connectivity index (χ2v) is 11.8. The smallest absolute Gasteiger partial charge is 0.335 e. The van der Waals surface area contributed by atoms with Crippen molar-refractivity contribution in [2.24, 2.45) is 33.7 Å². The number of fused-ring (bicyclic) bond motifs is 5. The molecule has 1 aromatic rings. The molecular formula is C29H38N2O5. The van der Waals surface area contributed by atoms with E-state index in [0.717, 1.165) is 43.4 Å². The van der Waals surface area contributed by atoms with Crippen LogP contribution in [0.15, 0.2) is 41.1 Å². The standard InChI is InChI=1S/C29H38N2O5/c1-28-13-11-21(31-36-17-26(33)30-16-18-3-5-19(6-4-18)27(34)35)15-20(28)7-8-22-23-9-10-25(32)29(23,2)14-12-24(22)28/h3-6,15,22-25,32H,7-14,16-17H2,1-2H3,(H,30,33)(H,34,35)/t22?,23?,24?,25?,28-,29-/m0/s1. The van der Waals surface area contributed by atoms with Gasteiger partial charge in [-0.3, -0.25) is 4.79 Å². The van der Waals surface area contributed by atoms with E-state index in [4.69, 9.17) is 9.94 Å². The molecule has 0 radical (unpaired) electrons. The van der Waals surface area contributed by atoms with Gasteiger partial charge in [-0.15, -0.1) is 0 Å². The number of hydrogen-bond acceptors (Lipinski definition) is 5. The number of rotatable bonds is 6. The van der Waals surface area contributed by atoms with Crippen molar-refractivity contribution in [3.8, 4) is 0 Å². The molecule has 1 aromatic carbocycles. The molecular weight excluding hydrogens is 456 g/mol. The number of aromatic carboxylic acids is 1. The third-order valence-corrected chi connectivity index (χ3v) is 10.00. The predicted molar refractivity (Wildman–Crippen MR) is 136 cm³/mol. The molecule has 0 saturated heterocycles. The number of carbonyl (C=O) groups excluding carboxylic acids is 1.